The molecule has 0 fully saturated rings. The molecule has 5 rings (SSSR count). The zero-order valence-corrected chi connectivity index (χ0v) is 18.9. The van der Waals surface area contributed by atoms with Crippen LogP contribution in [0, 0.1) is 0 Å². The fraction of sp³-hybridized carbons (Fsp3) is 0.103. The second-order valence-corrected chi connectivity index (χ2v) is 8.44. The lowest BCUT2D eigenvalue weighted by Gasteiger charge is -2.21. The Hall–Kier alpha value is -4.58. The molecule has 0 saturated carbocycles. The lowest BCUT2D eigenvalue weighted by Crippen LogP contribution is -2.11. The van der Waals surface area contributed by atoms with Crippen molar-refractivity contribution in [3.63, 3.8) is 0 Å². The van der Waals surface area contributed by atoms with Crippen LogP contribution in [0.2, 0.25) is 0 Å². The van der Waals surface area contributed by atoms with Crippen LogP contribution in [0.5, 0.6) is 34.5 Å². The lowest BCUT2D eigenvalue weighted by molar-refractivity contribution is 0.221. The summed E-state index contributed by atoms with van der Waals surface area (Å²) in [5.41, 5.74) is 4.15. The fourth-order valence-electron chi connectivity index (χ4n) is 4.50. The molecule has 6 heteroatoms. The van der Waals surface area contributed by atoms with E-state index in [9.17, 15) is 20.4 Å². The summed E-state index contributed by atoms with van der Waals surface area (Å²) in [6.45, 7) is 0. The van der Waals surface area contributed by atoms with Crippen molar-refractivity contribution in [3.05, 3.63) is 107 Å². The van der Waals surface area contributed by atoms with Crippen LogP contribution in [0.3, 0.4) is 0 Å². The highest BCUT2D eigenvalue weighted by atomic mass is 16.5. The molecule has 35 heavy (non-hydrogen) atoms. The smallest absolute Gasteiger partial charge is 0.135 e. The molecular weight excluding hydrogens is 444 g/mol. The highest BCUT2D eigenvalue weighted by molar-refractivity contribution is 5.75. The van der Waals surface area contributed by atoms with Gasteiger partial charge in [0.1, 0.15) is 40.6 Å². The van der Waals surface area contributed by atoms with Gasteiger partial charge in [0.2, 0.25) is 0 Å². The van der Waals surface area contributed by atoms with Gasteiger partial charge in [-0.3, -0.25) is 0 Å². The van der Waals surface area contributed by atoms with Crippen LogP contribution in [0.15, 0.2) is 78.9 Å². The largest absolute Gasteiger partial charge is 0.508 e. The van der Waals surface area contributed by atoms with Crippen molar-refractivity contribution in [3.8, 4) is 34.5 Å². The Bertz CT molecular complexity index is 1370. The lowest BCUT2D eigenvalue weighted by atomic mass is 9.82. The second-order valence-electron chi connectivity index (χ2n) is 8.44. The van der Waals surface area contributed by atoms with Gasteiger partial charge in [0.25, 0.3) is 0 Å². The summed E-state index contributed by atoms with van der Waals surface area (Å²) in [6, 6.07) is 21.9. The molecule has 0 spiro atoms. The van der Waals surface area contributed by atoms with E-state index in [2.05, 4.69) is 0 Å². The van der Waals surface area contributed by atoms with Gasteiger partial charge in [-0.05, 0) is 64.7 Å². The number of fused-ring (bicyclic) bond motifs is 1. The molecule has 0 aromatic heterocycles. The zero-order valence-electron chi connectivity index (χ0n) is 18.9. The first kappa shape index (κ1) is 22.2. The summed E-state index contributed by atoms with van der Waals surface area (Å²) in [7, 11) is 1.59. The Kier molecular flexibility index (Phi) is 5.71. The number of aromatic hydroxyl groups is 4. The minimum absolute atomic E-state index is 0.0485. The highest BCUT2D eigenvalue weighted by Gasteiger charge is 2.39. The van der Waals surface area contributed by atoms with Gasteiger partial charge in [-0.1, -0.05) is 36.4 Å². The predicted octanol–water partition coefficient (Wildman–Crippen LogP) is 5.95. The Labute approximate surface area is 202 Å². The van der Waals surface area contributed by atoms with Crippen LogP contribution < -0.4 is 9.47 Å². The van der Waals surface area contributed by atoms with Crippen LogP contribution in [-0.4, -0.2) is 27.5 Å². The molecule has 176 valence electrons. The van der Waals surface area contributed by atoms with Gasteiger partial charge in [0, 0.05) is 17.7 Å². The van der Waals surface area contributed by atoms with Gasteiger partial charge in [-0.25, -0.2) is 0 Å². The molecule has 1 heterocycles. The van der Waals surface area contributed by atoms with E-state index in [0.29, 0.717) is 17.1 Å². The Balaban J connectivity index is 1.68. The summed E-state index contributed by atoms with van der Waals surface area (Å²) in [6.07, 6.45) is 3.41. The van der Waals surface area contributed by atoms with E-state index in [0.717, 1.165) is 22.3 Å². The number of ether oxygens (including phenoxy) is 2. The Morgan fingerprint density at radius 2 is 1.31 bits per heavy atom. The summed E-state index contributed by atoms with van der Waals surface area (Å²) < 4.78 is 12.0. The molecule has 0 saturated heterocycles. The number of phenols is 4. The van der Waals surface area contributed by atoms with Crippen LogP contribution in [0.25, 0.3) is 12.2 Å². The molecule has 4 N–H and O–H groups in total. The van der Waals surface area contributed by atoms with E-state index in [1.807, 2.05) is 36.4 Å². The molecule has 1 aliphatic heterocycles. The van der Waals surface area contributed by atoms with Crippen molar-refractivity contribution >= 4 is 12.2 Å². The number of hydrogen-bond donors (Lipinski definition) is 4. The number of rotatable bonds is 5. The molecule has 1 aliphatic rings. The average molecular weight is 469 g/mol. The van der Waals surface area contributed by atoms with E-state index in [4.69, 9.17) is 9.47 Å². The third kappa shape index (κ3) is 4.46. The summed E-state index contributed by atoms with van der Waals surface area (Å²) in [5, 5.41) is 39.8. The quantitative estimate of drug-likeness (QED) is 0.270. The summed E-state index contributed by atoms with van der Waals surface area (Å²) in [5.74, 6) is 1.13. The van der Waals surface area contributed by atoms with Crippen LogP contribution >= 0.6 is 0 Å². The Morgan fingerprint density at radius 3 is 1.94 bits per heavy atom. The van der Waals surface area contributed by atoms with Crippen molar-refractivity contribution < 1.29 is 29.9 Å². The SMILES string of the molecule is COc1cc(/C=C/c2ccc(O)cc2)c2c(c1)O[C@H](c1ccc(O)cc1)[C@H]2c1cc(O)cc(O)c1. The highest BCUT2D eigenvalue weighted by Crippen LogP contribution is 2.53. The molecule has 4 aromatic rings. The van der Waals surface area contributed by atoms with E-state index in [-0.39, 0.29) is 28.9 Å². The van der Waals surface area contributed by atoms with Gasteiger partial charge >= 0.3 is 0 Å². The third-order valence-corrected chi connectivity index (χ3v) is 6.11. The molecule has 6 nitrogen and oxygen atoms in total. The first-order chi connectivity index (χ1) is 16.9. The van der Waals surface area contributed by atoms with E-state index < -0.39 is 6.10 Å². The molecule has 0 unspecified atom stereocenters. The topological polar surface area (TPSA) is 99.4 Å². The third-order valence-electron chi connectivity index (χ3n) is 6.11. The first-order valence-electron chi connectivity index (χ1n) is 11.1. The molecular formula is C29H24O6. The van der Waals surface area contributed by atoms with Gasteiger partial charge < -0.3 is 29.9 Å². The molecule has 0 bridgehead atoms. The average Bonchev–Trinajstić information content (AvgIpc) is 3.23. The molecule has 0 aliphatic carbocycles. The number of benzene rings is 4. The van der Waals surface area contributed by atoms with E-state index in [1.54, 1.807) is 55.6 Å². The maximum atomic E-state index is 10.2. The van der Waals surface area contributed by atoms with Crippen molar-refractivity contribution in [2.45, 2.75) is 12.0 Å². The number of hydrogen-bond acceptors (Lipinski definition) is 6. The van der Waals surface area contributed by atoms with Crippen molar-refractivity contribution in [1.29, 1.82) is 0 Å². The zero-order chi connectivity index (χ0) is 24.5. The summed E-state index contributed by atoms with van der Waals surface area (Å²) >= 11 is 0. The maximum Gasteiger partial charge on any atom is 0.135 e. The summed E-state index contributed by atoms with van der Waals surface area (Å²) in [4.78, 5) is 0. The Morgan fingerprint density at radius 1 is 0.686 bits per heavy atom. The fourth-order valence-corrected chi connectivity index (χ4v) is 4.50. The van der Waals surface area contributed by atoms with Crippen molar-refractivity contribution in [1.82, 2.24) is 0 Å². The molecule has 4 aromatic carbocycles. The van der Waals surface area contributed by atoms with E-state index >= 15 is 0 Å². The molecule has 0 amide bonds. The molecule has 0 radical (unpaired) electrons. The number of methoxy groups -OCH3 is 1. The van der Waals surface area contributed by atoms with Gasteiger partial charge in [0.05, 0.1) is 13.0 Å². The number of phenolic OH excluding ortho intramolecular Hbond substituents is 4. The molecule has 2 atom stereocenters. The monoisotopic (exact) mass is 468 g/mol. The van der Waals surface area contributed by atoms with Gasteiger partial charge in [-0.2, -0.15) is 0 Å². The van der Waals surface area contributed by atoms with Crippen LogP contribution in [-0.2, 0) is 0 Å². The van der Waals surface area contributed by atoms with Crippen LogP contribution in [0.1, 0.15) is 39.8 Å². The minimum atomic E-state index is -0.472. The first-order valence-corrected chi connectivity index (χ1v) is 11.1. The van der Waals surface area contributed by atoms with Crippen LogP contribution in [0.4, 0.5) is 0 Å². The van der Waals surface area contributed by atoms with Crippen molar-refractivity contribution in [2.75, 3.05) is 7.11 Å². The second kappa shape index (κ2) is 8.99. The predicted molar refractivity (Wildman–Crippen MR) is 133 cm³/mol. The normalized spacial score (nSPS) is 16.7. The minimum Gasteiger partial charge on any atom is -0.508 e. The van der Waals surface area contributed by atoms with E-state index in [1.165, 1.54) is 6.07 Å². The van der Waals surface area contributed by atoms with Gasteiger partial charge in [-0.15, -0.1) is 0 Å². The van der Waals surface area contributed by atoms with Gasteiger partial charge in [0.15, 0.2) is 0 Å². The maximum absolute atomic E-state index is 10.2. The standard InChI is InChI=1S/C29H24O6/c1-34-25-14-19(5-2-17-3-8-21(30)9-4-17)27-26(16-25)35-29(18-6-10-22(31)11-7-18)28(27)20-12-23(32)15-24(33)13-20/h2-16,28-33H,1H3/b5-2+/t28-,29+/m0/s1. The van der Waals surface area contributed by atoms with Crippen molar-refractivity contribution in [2.24, 2.45) is 0 Å².